The Balaban J connectivity index is 3.08. The van der Waals surface area contributed by atoms with E-state index in [1.807, 2.05) is 39.8 Å². The van der Waals surface area contributed by atoms with Crippen LogP contribution in [0.2, 0.25) is 0 Å². The monoisotopic (exact) mass is 315 g/mol. The first-order chi connectivity index (χ1) is 10.7. The molecule has 0 aliphatic carbocycles. The summed E-state index contributed by atoms with van der Waals surface area (Å²) in [4.78, 5) is 12.3. The average Bonchev–Trinajstić information content (AvgIpc) is 2.71. The van der Waals surface area contributed by atoms with E-state index >= 15 is 0 Å². The second-order valence-corrected chi connectivity index (χ2v) is 7.01. The predicted octanol–water partition coefficient (Wildman–Crippen LogP) is 3.83. The molecule has 4 heteroatoms. The minimum Gasteiger partial charge on any atom is -0.349 e. The van der Waals surface area contributed by atoms with Crippen molar-refractivity contribution in [3.63, 3.8) is 0 Å². The van der Waals surface area contributed by atoms with Gasteiger partial charge in [0, 0.05) is 24.0 Å². The van der Waals surface area contributed by atoms with E-state index in [1.54, 1.807) is 6.08 Å². The lowest BCUT2D eigenvalue weighted by Crippen LogP contribution is -2.36. The highest BCUT2D eigenvalue weighted by Crippen LogP contribution is 2.20. The Bertz CT molecular complexity index is 630. The van der Waals surface area contributed by atoms with Crippen molar-refractivity contribution in [1.29, 1.82) is 5.26 Å². The second kappa shape index (κ2) is 8.01. The van der Waals surface area contributed by atoms with Gasteiger partial charge in [-0.25, -0.2) is 0 Å². The molecule has 1 heterocycles. The molecule has 4 nitrogen and oxygen atoms in total. The van der Waals surface area contributed by atoms with Gasteiger partial charge in [0.2, 0.25) is 0 Å². The van der Waals surface area contributed by atoms with Gasteiger partial charge in [-0.1, -0.05) is 27.7 Å². The number of hydrogen-bond donors (Lipinski definition) is 1. The Hall–Kier alpha value is -2.02. The lowest BCUT2D eigenvalue weighted by molar-refractivity contribution is -0.117. The van der Waals surface area contributed by atoms with E-state index in [-0.39, 0.29) is 17.5 Å². The molecule has 0 bridgehead atoms. The van der Waals surface area contributed by atoms with Gasteiger partial charge in [-0.2, -0.15) is 5.26 Å². The van der Waals surface area contributed by atoms with Gasteiger partial charge < -0.3 is 9.88 Å². The van der Waals surface area contributed by atoms with Gasteiger partial charge in [-0.05, 0) is 50.3 Å². The molecule has 0 radical (unpaired) electrons. The molecule has 1 atom stereocenters. The maximum atomic E-state index is 12.3. The SMILES string of the molecule is Cc1cc(/C=C(\C#N)C(=O)NC(C)C(C)C)c(C)n1CC(C)C. The fourth-order valence-corrected chi connectivity index (χ4v) is 2.38. The number of amides is 1. The van der Waals surface area contributed by atoms with Gasteiger partial charge in [0.05, 0.1) is 0 Å². The van der Waals surface area contributed by atoms with Crippen molar-refractivity contribution < 1.29 is 4.79 Å². The van der Waals surface area contributed by atoms with Crippen molar-refractivity contribution in [2.75, 3.05) is 0 Å². The van der Waals surface area contributed by atoms with Crippen LogP contribution in [0.4, 0.5) is 0 Å². The van der Waals surface area contributed by atoms with Gasteiger partial charge in [-0.3, -0.25) is 4.79 Å². The maximum Gasteiger partial charge on any atom is 0.262 e. The van der Waals surface area contributed by atoms with Gasteiger partial charge in [0.25, 0.3) is 5.91 Å². The molecule has 0 fully saturated rings. The lowest BCUT2D eigenvalue weighted by atomic mass is 10.1. The maximum absolute atomic E-state index is 12.3. The molecule has 1 aromatic heterocycles. The van der Waals surface area contributed by atoms with Crippen LogP contribution in [0, 0.1) is 37.0 Å². The molecule has 0 saturated carbocycles. The molecule has 23 heavy (non-hydrogen) atoms. The summed E-state index contributed by atoms with van der Waals surface area (Å²) in [5.74, 6) is 0.569. The first-order valence-electron chi connectivity index (χ1n) is 8.26. The summed E-state index contributed by atoms with van der Waals surface area (Å²) in [6, 6.07) is 4.10. The van der Waals surface area contributed by atoms with E-state index < -0.39 is 0 Å². The minimum absolute atomic E-state index is 0.0348. The normalized spacial score (nSPS) is 13.3. The summed E-state index contributed by atoms with van der Waals surface area (Å²) in [6.45, 7) is 15.4. The summed E-state index contributed by atoms with van der Waals surface area (Å²) in [5, 5.41) is 12.2. The van der Waals surface area contributed by atoms with Crippen LogP contribution in [0.1, 0.15) is 51.6 Å². The van der Waals surface area contributed by atoms with Crippen LogP contribution in [-0.2, 0) is 11.3 Å². The zero-order valence-electron chi connectivity index (χ0n) is 15.4. The predicted molar refractivity (Wildman–Crippen MR) is 94.8 cm³/mol. The first kappa shape index (κ1) is 19.0. The first-order valence-corrected chi connectivity index (χ1v) is 8.26. The van der Waals surface area contributed by atoms with Crippen molar-refractivity contribution >= 4 is 12.0 Å². The van der Waals surface area contributed by atoms with E-state index in [1.165, 1.54) is 0 Å². The van der Waals surface area contributed by atoms with E-state index in [0.29, 0.717) is 11.8 Å². The van der Waals surface area contributed by atoms with E-state index in [4.69, 9.17) is 0 Å². The van der Waals surface area contributed by atoms with Crippen LogP contribution in [0.5, 0.6) is 0 Å². The minimum atomic E-state index is -0.303. The molecular weight excluding hydrogens is 286 g/mol. The van der Waals surface area contributed by atoms with Crippen LogP contribution >= 0.6 is 0 Å². The summed E-state index contributed by atoms with van der Waals surface area (Å²) in [7, 11) is 0. The molecule has 1 rings (SSSR count). The largest absolute Gasteiger partial charge is 0.349 e. The average molecular weight is 315 g/mol. The van der Waals surface area contributed by atoms with E-state index in [9.17, 15) is 10.1 Å². The molecule has 1 N–H and O–H groups in total. The zero-order valence-corrected chi connectivity index (χ0v) is 15.4. The van der Waals surface area contributed by atoms with Crippen LogP contribution in [0.15, 0.2) is 11.6 Å². The number of nitrogens with zero attached hydrogens (tertiary/aromatic N) is 2. The standard InChI is InChI=1S/C19H29N3O/c1-12(2)11-22-14(5)8-17(16(22)7)9-18(10-20)19(23)21-15(6)13(3)4/h8-9,12-13,15H,11H2,1-7H3,(H,21,23)/b18-9+. The summed E-state index contributed by atoms with van der Waals surface area (Å²) in [5.41, 5.74) is 3.33. The van der Waals surface area contributed by atoms with Gasteiger partial charge in [0.1, 0.15) is 11.6 Å². The fraction of sp³-hybridized carbons (Fsp3) is 0.579. The fourth-order valence-electron chi connectivity index (χ4n) is 2.38. The van der Waals surface area contributed by atoms with Crippen LogP contribution in [0.25, 0.3) is 6.08 Å². The van der Waals surface area contributed by atoms with Crippen molar-refractivity contribution in [2.45, 2.75) is 61.1 Å². The summed E-state index contributed by atoms with van der Waals surface area (Å²) in [6.07, 6.45) is 1.70. The number of carbonyl (C=O) groups excluding carboxylic acids is 1. The zero-order chi connectivity index (χ0) is 17.7. The number of rotatable bonds is 6. The number of aromatic nitrogens is 1. The highest BCUT2D eigenvalue weighted by molar-refractivity contribution is 6.02. The van der Waals surface area contributed by atoms with Gasteiger partial charge in [-0.15, -0.1) is 0 Å². The van der Waals surface area contributed by atoms with Crippen molar-refractivity contribution in [3.8, 4) is 6.07 Å². The van der Waals surface area contributed by atoms with E-state index in [0.717, 1.165) is 23.5 Å². The number of aryl methyl sites for hydroxylation is 1. The topological polar surface area (TPSA) is 57.8 Å². The molecule has 0 spiro atoms. The molecule has 0 aliphatic heterocycles. The van der Waals surface area contributed by atoms with Crippen molar-refractivity contribution in [1.82, 2.24) is 9.88 Å². The molecule has 1 unspecified atom stereocenters. The highest BCUT2D eigenvalue weighted by Gasteiger charge is 2.16. The molecule has 0 aliphatic rings. The quantitative estimate of drug-likeness (QED) is 0.640. The molecular formula is C19H29N3O. The Morgan fingerprint density at radius 3 is 2.39 bits per heavy atom. The second-order valence-electron chi connectivity index (χ2n) is 7.01. The Morgan fingerprint density at radius 1 is 1.30 bits per heavy atom. The molecule has 0 aromatic carbocycles. The van der Waals surface area contributed by atoms with Crippen LogP contribution in [0.3, 0.4) is 0 Å². The molecule has 1 aromatic rings. The number of nitrogens with one attached hydrogen (secondary N) is 1. The van der Waals surface area contributed by atoms with E-state index in [2.05, 4.69) is 30.7 Å². The Kier molecular flexibility index (Phi) is 6.62. The lowest BCUT2D eigenvalue weighted by Gasteiger charge is -2.16. The van der Waals surface area contributed by atoms with Gasteiger partial charge >= 0.3 is 0 Å². The van der Waals surface area contributed by atoms with Gasteiger partial charge in [0.15, 0.2) is 0 Å². The molecule has 126 valence electrons. The Morgan fingerprint density at radius 2 is 1.91 bits per heavy atom. The molecule has 1 amide bonds. The number of hydrogen-bond acceptors (Lipinski definition) is 2. The number of nitriles is 1. The summed E-state index contributed by atoms with van der Waals surface area (Å²) >= 11 is 0. The van der Waals surface area contributed by atoms with Crippen LogP contribution in [-0.4, -0.2) is 16.5 Å². The highest BCUT2D eigenvalue weighted by atomic mass is 16.1. The van der Waals surface area contributed by atoms with Crippen molar-refractivity contribution in [3.05, 3.63) is 28.6 Å². The third-order valence-electron chi connectivity index (χ3n) is 4.18. The third kappa shape index (κ3) is 4.99. The van der Waals surface area contributed by atoms with Crippen LogP contribution < -0.4 is 5.32 Å². The number of carbonyl (C=O) groups is 1. The summed E-state index contributed by atoms with van der Waals surface area (Å²) < 4.78 is 2.24. The smallest absolute Gasteiger partial charge is 0.262 e. The third-order valence-corrected chi connectivity index (χ3v) is 4.18. The van der Waals surface area contributed by atoms with Crippen molar-refractivity contribution in [2.24, 2.45) is 11.8 Å². The Labute approximate surface area is 140 Å². The molecule has 0 saturated heterocycles.